The van der Waals surface area contributed by atoms with Gasteiger partial charge in [0.2, 0.25) is 0 Å². The minimum absolute atomic E-state index is 0.139. The van der Waals surface area contributed by atoms with Crippen LogP contribution in [0.2, 0.25) is 0 Å². The molecular formula is C28H28N2O5. The number of para-hydroxylation sites is 2. The van der Waals surface area contributed by atoms with Crippen molar-refractivity contribution in [3.63, 3.8) is 0 Å². The molecule has 2 aliphatic heterocycles. The van der Waals surface area contributed by atoms with Gasteiger partial charge in [0.25, 0.3) is 0 Å². The summed E-state index contributed by atoms with van der Waals surface area (Å²) in [6, 6.07) is 20.0. The first-order chi connectivity index (χ1) is 16.9. The van der Waals surface area contributed by atoms with E-state index in [-0.39, 0.29) is 6.10 Å². The van der Waals surface area contributed by atoms with Gasteiger partial charge in [-0.1, -0.05) is 24.3 Å². The van der Waals surface area contributed by atoms with Crippen molar-refractivity contribution in [3.05, 3.63) is 83.4 Å². The molecule has 0 bridgehead atoms. The Hall–Kier alpha value is -4.00. The van der Waals surface area contributed by atoms with Gasteiger partial charge in [-0.15, -0.1) is 0 Å². The summed E-state index contributed by atoms with van der Waals surface area (Å²) in [5, 5.41) is 13.4. The van der Waals surface area contributed by atoms with E-state index < -0.39 is 17.2 Å². The van der Waals surface area contributed by atoms with Crippen LogP contribution in [0.25, 0.3) is 0 Å². The summed E-state index contributed by atoms with van der Waals surface area (Å²) in [6.45, 7) is 3.27. The first-order valence-electron chi connectivity index (χ1n) is 11.7. The van der Waals surface area contributed by atoms with E-state index in [1.165, 1.54) is 6.92 Å². The summed E-state index contributed by atoms with van der Waals surface area (Å²) in [7, 11) is 2.02. The molecule has 180 valence electrons. The maximum Gasteiger partial charge on any atom is 0.321 e. The Bertz CT molecular complexity index is 1270. The number of aliphatic carboxylic acids is 1. The van der Waals surface area contributed by atoms with Crippen LogP contribution in [0.5, 0.6) is 11.5 Å². The molecular weight excluding hydrogens is 444 g/mol. The van der Waals surface area contributed by atoms with Crippen LogP contribution in [-0.4, -0.2) is 49.7 Å². The number of hydrogen-bond donors (Lipinski definition) is 2. The minimum Gasteiger partial charge on any atom is -0.490 e. The molecule has 35 heavy (non-hydrogen) atoms. The van der Waals surface area contributed by atoms with Crippen LogP contribution < -0.4 is 19.7 Å². The van der Waals surface area contributed by atoms with Gasteiger partial charge in [0.1, 0.15) is 24.2 Å². The quantitative estimate of drug-likeness (QED) is 0.394. The first kappa shape index (κ1) is 22.8. The number of nitrogens with zero attached hydrogens (tertiary/aromatic N) is 1. The summed E-state index contributed by atoms with van der Waals surface area (Å²) in [4.78, 5) is 28.1. The predicted molar refractivity (Wildman–Crippen MR) is 134 cm³/mol. The molecule has 0 saturated heterocycles. The summed E-state index contributed by atoms with van der Waals surface area (Å²) in [5.41, 5.74) is 2.01. The summed E-state index contributed by atoms with van der Waals surface area (Å²) in [5.74, 6) is -0.201. The number of likely N-dealkylation sites (N-methyl/N-ethyl adjacent to an activating group) is 1. The molecule has 0 radical (unpaired) electrons. The SMILES string of the molecule is CN1C[C@@H](COc2ccc(C(=O)C(C)(C(=O)O)c3cccc4c3CCN4)cc2)Oc2ccccc21. The highest BCUT2D eigenvalue weighted by Gasteiger charge is 2.45. The predicted octanol–water partition coefficient (Wildman–Crippen LogP) is 4.16. The van der Waals surface area contributed by atoms with E-state index in [9.17, 15) is 14.7 Å². The van der Waals surface area contributed by atoms with E-state index in [1.54, 1.807) is 36.4 Å². The second-order valence-electron chi connectivity index (χ2n) is 9.19. The fourth-order valence-electron chi connectivity index (χ4n) is 4.91. The molecule has 2 aliphatic rings. The summed E-state index contributed by atoms with van der Waals surface area (Å²) < 4.78 is 12.0. The number of carboxylic acid groups (broad SMARTS) is 1. The van der Waals surface area contributed by atoms with Gasteiger partial charge in [-0.05, 0) is 66.9 Å². The van der Waals surface area contributed by atoms with Crippen LogP contribution in [-0.2, 0) is 16.6 Å². The Balaban J connectivity index is 1.31. The number of Topliss-reactive ketones (excluding diaryl/α,β-unsaturated/α-hetero) is 1. The molecule has 5 rings (SSSR count). The zero-order valence-corrected chi connectivity index (χ0v) is 19.8. The molecule has 2 N–H and O–H groups in total. The van der Waals surface area contributed by atoms with Crippen LogP contribution in [0, 0.1) is 0 Å². The average molecular weight is 473 g/mol. The molecule has 0 aliphatic carbocycles. The van der Waals surface area contributed by atoms with Crippen molar-refractivity contribution in [2.45, 2.75) is 24.9 Å². The highest BCUT2D eigenvalue weighted by molar-refractivity contribution is 6.16. The van der Waals surface area contributed by atoms with Gasteiger partial charge in [0.05, 0.1) is 12.2 Å². The number of carbonyl (C=O) groups excluding carboxylic acids is 1. The van der Waals surface area contributed by atoms with Gasteiger partial charge >= 0.3 is 5.97 Å². The van der Waals surface area contributed by atoms with Gasteiger partial charge in [0.15, 0.2) is 11.2 Å². The number of carboxylic acids is 1. The monoisotopic (exact) mass is 472 g/mol. The molecule has 7 nitrogen and oxygen atoms in total. The fraction of sp³-hybridized carbons (Fsp3) is 0.286. The molecule has 3 aromatic carbocycles. The van der Waals surface area contributed by atoms with E-state index in [4.69, 9.17) is 9.47 Å². The largest absolute Gasteiger partial charge is 0.490 e. The van der Waals surface area contributed by atoms with E-state index >= 15 is 0 Å². The number of nitrogens with one attached hydrogen (secondary N) is 1. The average Bonchev–Trinajstić information content (AvgIpc) is 3.36. The highest BCUT2D eigenvalue weighted by Crippen LogP contribution is 2.37. The topological polar surface area (TPSA) is 88.1 Å². The molecule has 0 fully saturated rings. The lowest BCUT2D eigenvalue weighted by Gasteiger charge is -2.33. The molecule has 0 spiro atoms. The van der Waals surface area contributed by atoms with Gasteiger partial charge in [-0.3, -0.25) is 9.59 Å². The molecule has 7 heteroatoms. The zero-order valence-electron chi connectivity index (χ0n) is 19.8. The summed E-state index contributed by atoms with van der Waals surface area (Å²) in [6.07, 6.45) is 0.553. The Kier molecular flexibility index (Phi) is 5.84. The van der Waals surface area contributed by atoms with E-state index in [2.05, 4.69) is 10.2 Å². The van der Waals surface area contributed by atoms with Crippen molar-refractivity contribution < 1.29 is 24.2 Å². The van der Waals surface area contributed by atoms with Crippen molar-refractivity contribution in [3.8, 4) is 11.5 Å². The van der Waals surface area contributed by atoms with Crippen molar-refractivity contribution in [2.75, 3.05) is 37.0 Å². The molecule has 1 unspecified atom stereocenters. The fourth-order valence-corrected chi connectivity index (χ4v) is 4.91. The molecule has 3 aromatic rings. The molecule has 0 aromatic heterocycles. The number of rotatable bonds is 7. The van der Waals surface area contributed by atoms with Gasteiger partial charge in [-0.25, -0.2) is 0 Å². The van der Waals surface area contributed by atoms with Crippen LogP contribution in [0.1, 0.15) is 28.4 Å². The number of carbonyl (C=O) groups is 2. The lowest BCUT2D eigenvalue weighted by Crippen LogP contribution is -2.41. The maximum absolute atomic E-state index is 13.5. The highest BCUT2D eigenvalue weighted by atomic mass is 16.5. The normalized spacial score (nSPS) is 17.9. The van der Waals surface area contributed by atoms with E-state index in [0.717, 1.165) is 29.2 Å². The van der Waals surface area contributed by atoms with Crippen LogP contribution in [0.4, 0.5) is 11.4 Å². The van der Waals surface area contributed by atoms with Crippen LogP contribution in [0.3, 0.4) is 0 Å². The number of benzene rings is 3. The van der Waals surface area contributed by atoms with Gasteiger partial charge in [-0.2, -0.15) is 0 Å². The lowest BCUT2D eigenvalue weighted by molar-refractivity contribution is -0.141. The van der Waals surface area contributed by atoms with Crippen molar-refractivity contribution >= 4 is 23.1 Å². The Morgan fingerprint density at radius 1 is 1.11 bits per heavy atom. The van der Waals surface area contributed by atoms with E-state index in [0.29, 0.717) is 36.4 Å². The van der Waals surface area contributed by atoms with Crippen molar-refractivity contribution in [1.29, 1.82) is 0 Å². The Morgan fingerprint density at radius 3 is 2.66 bits per heavy atom. The molecule has 0 amide bonds. The van der Waals surface area contributed by atoms with Gasteiger partial charge < -0.3 is 24.8 Å². The van der Waals surface area contributed by atoms with Crippen LogP contribution >= 0.6 is 0 Å². The third-order valence-corrected chi connectivity index (χ3v) is 6.89. The summed E-state index contributed by atoms with van der Waals surface area (Å²) >= 11 is 0. The second kappa shape index (κ2) is 8.98. The Labute approximate surface area is 204 Å². The van der Waals surface area contributed by atoms with E-state index in [1.807, 2.05) is 37.4 Å². The number of hydrogen-bond acceptors (Lipinski definition) is 6. The number of ether oxygens (including phenoxy) is 2. The number of anilines is 2. The van der Waals surface area contributed by atoms with Crippen LogP contribution in [0.15, 0.2) is 66.7 Å². The second-order valence-corrected chi connectivity index (χ2v) is 9.19. The Morgan fingerprint density at radius 2 is 1.89 bits per heavy atom. The third kappa shape index (κ3) is 4.07. The third-order valence-electron chi connectivity index (χ3n) is 6.89. The standard InChI is InChI=1S/C28H28N2O5/c1-28(27(32)33,22-6-5-7-23-21(22)14-15-29-23)26(31)18-10-12-19(13-11-18)34-17-20-16-30(2)24-8-3-4-9-25(24)35-20/h3-13,20,29H,14-17H2,1-2H3,(H,32,33)/t20-,28?/m0/s1. The maximum atomic E-state index is 13.5. The zero-order chi connectivity index (χ0) is 24.6. The van der Waals surface area contributed by atoms with Gasteiger partial charge in [0, 0.05) is 24.8 Å². The number of fused-ring (bicyclic) bond motifs is 2. The smallest absolute Gasteiger partial charge is 0.321 e. The number of ketones is 1. The molecule has 2 heterocycles. The van der Waals surface area contributed by atoms with Crippen molar-refractivity contribution in [2.24, 2.45) is 0 Å². The molecule has 0 saturated carbocycles. The lowest BCUT2D eigenvalue weighted by atomic mass is 9.74. The first-order valence-corrected chi connectivity index (χ1v) is 11.7. The molecule has 2 atom stereocenters. The van der Waals surface area contributed by atoms with Crippen molar-refractivity contribution in [1.82, 2.24) is 0 Å². The minimum atomic E-state index is -1.69.